The van der Waals surface area contributed by atoms with Crippen LogP contribution in [0.15, 0.2) is 65.7 Å². The van der Waals surface area contributed by atoms with Crippen molar-refractivity contribution in [2.45, 2.75) is 6.54 Å². The monoisotopic (exact) mass is 318 g/mol. The van der Waals surface area contributed by atoms with E-state index >= 15 is 0 Å². The van der Waals surface area contributed by atoms with E-state index in [4.69, 9.17) is 4.42 Å². The molecular formula is C18H14N4O2. The summed E-state index contributed by atoms with van der Waals surface area (Å²) in [5.41, 5.74) is 2.81. The summed E-state index contributed by atoms with van der Waals surface area (Å²) >= 11 is 0. The molecule has 118 valence electrons. The quantitative estimate of drug-likeness (QED) is 0.605. The number of benzene rings is 1. The second kappa shape index (κ2) is 6.00. The minimum absolute atomic E-state index is 0.163. The van der Waals surface area contributed by atoms with E-state index in [1.165, 1.54) is 0 Å². The molecule has 0 saturated carbocycles. The molecule has 3 aromatic heterocycles. The fourth-order valence-electron chi connectivity index (χ4n) is 2.63. The molecule has 24 heavy (non-hydrogen) atoms. The molecule has 0 atom stereocenters. The SMILES string of the molecule is O=C(NCc1nccnc1-c1ccco1)c1c[nH]c2ccccc12. The third-order valence-corrected chi connectivity index (χ3v) is 3.78. The van der Waals surface area contributed by atoms with E-state index in [2.05, 4.69) is 20.3 Å². The maximum absolute atomic E-state index is 12.5. The van der Waals surface area contributed by atoms with Crippen LogP contribution in [0, 0.1) is 0 Å². The molecule has 1 aromatic carbocycles. The molecule has 6 nitrogen and oxygen atoms in total. The number of para-hydroxylation sites is 1. The molecule has 2 N–H and O–H groups in total. The summed E-state index contributed by atoms with van der Waals surface area (Å²) in [6.07, 6.45) is 6.49. The van der Waals surface area contributed by atoms with Crippen LogP contribution in [-0.2, 0) is 6.54 Å². The number of hydrogen-bond acceptors (Lipinski definition) is 4. The first-order chi connectivity index (χ1) is 11.8. The molecule has 0 aliphatic carbocycles. The number of carbonyl (C=O) groups excluding carboxylic acids is 1. The maximum Gasteiger partial charge on any atom is 0.253 e. The van der Waals surface area contributed by atoms with Crippen molar-refractivity contribution >= 4 is 16.8 Å². The number of amides is 1. The summed E-state index contributed by atoms with van der Waals surface area (Å²) in [5.74, 6) is 0.461. The Labute approximate surface area is 137 Å². The number of carbonyl (C=O) groups is 1. The van der Waals surface area contributed by atoms with Crippen molar-refractivity contribution in [1.29, 1.82) is 0 Å². The van der Waals surface area contributed by atoms with Crippen molar-refractivity contribution in [3.63, 3.8) is 0 Å². The van der Waals surface area contributed by atoms with E-state index in [0.29, 0.717) is 22.7 Å². The summed E-state index contributed by atoms with van der Waals surface area (Å²) in [6.45, 7) is 0.266. The van der Waals surface area contributed by atoms with Crippen LogP contribution >= 0.6 is 0 Å². The van der Waals surface area contributed by atoms with Crippen LogP contribution in [-0.4, -0.2) is 20.9 Å². The van der Waals surface area contributed by atoms with Gasteiger partial charge in [0.25, 0.3) is 5.91 Å². The predicted octanol–water partition coefficient (Wildman–Crippen LogP) is 3.15. The largest absolute Gasteiger partial charge is 0.463 e. The van der Waals surface area contributed by atoms with E-state index in [1.54, 1.807) is 30.9 Å². The van der Waals surface area contributed by atoms with Gasteiger partial charge in [-0.3, -0.25) is 9.78 Å². The van der Waals surface area contributed by atoms with Crippen LogP contribution in [0.25, 0.3) is 22.4 Å². The lowest BCUT2D eigenvalue weighted by atomic mass is 10.1. The number of nitrogens with zero attached hydrogens (tertiary/aromatic N) is 2. The third-order valence-electron chi connectivity index (χ3n) is 3.78. The Balaban J connectivity index is 1.56. The van der Waals surface area contributed by atoms with Gasteiger partial charge in [0.15, 0.2) is 5.76 Å². The molecule has 3 heterocycles. The Hall–Kier alpha value is -3.41. The van der Waals surface area contributed by atoms with Crippen LogP contribution in [0.5, 0.6) is 0 Å². The zero-order valence-electron chi connectivity index (χ0n) is 12.7. The predicted molar refractivity (Wildman–Crippen MR) is 89.2 cm³/mol. The standard InChI is InChI=1S/C18H14N4O2/c23-18(13-10-21-14-5-2-1-4-12(13)14)22-11-15-17(20-8-7-19-15)16-6-3-9-24-16/h1-10,21H,11H2,(H,22,23). The van der Waals surface area contributed by atoms with E-state index in [9.17, 15) is 4.79 Å². The summed E-state index contributed by atoms with van der Waals surface area (Å²) in [6, 6.07) is 11.3. The summed E-state index contributed by atoms with van der Waals surface area (Å²) in [7, 11) is 0. The van der Waals surface area contributed by atoms with Crippen LogP contribution in [0.4, 0.5) is 0 Å². The fraction of sp³-hybridized carbons (Fsp3) is 0.0556. The molecule has 0 fully saturated rings. The molecule has 1 amide bonds. The van der Waals surface area contributed by atoms with Crippen molar-refractivity contribution in [1.82, 2.24) is 20.3 Å². The van der Waals surface area contributed by atoms with Crippen LogP contribution in [0.2, 0.25) is 0 Å². The van der Waals surface area contributed by atoms with Gasteiger partial charge in [-0.05, 0) is 18.2 Å². The van der Waals surface area contributed by atoms with Crippen molar-refractivity contribution in [2.24, 2.45) is 0 Å². The Bertz CT molecular complexity index is 989. The summed E-state index contributed by atoms with van der Waals surface area (Å²) < 4.78 is 5.38. The average molecular weight is 318 g/mol. The van der Waals surface area contributed by atoms with Crippen LogP contribution < -0.4 is 5.32 Å². The smallest absolute Gasteiger partial charge is 0.253 e. The third kappa shape index (κ3) is 2.54. The highest BCUT2D eigenvalue weighted by molar-refractivity contribution is 6.06. The normalized spacial score (nSPS) is 10.8. The Morgan fingerprint density at radius 1 is 1.12 bits per heavy atom. The first-order valence-electron chi connectivity index (χ1n) is 7.51. The number of nitrogens with one attached hydrogen (secondary N) is 2. The number of fused-ring (bicyclic) bond motifs is 1. The first-order valence-corrected chi connectivity index (χ1v) is 7.51. The van der Waals surface area contributed by atoms with E-state index < -0.39 is 0 Å². The van der Waals surface area contributed by atoms with Gasteiger partial charge in [0, 0.05) is 29.5 Å². The molecule has 0 bridgehead atoms. The summed E-state index contributed by atoms with van der Waals surface area (Å²) in [5, 5.41) is 3.78. The van der Waals surface area contributed by atoms with Crippen molar-refractivity contribution in [3.05, 3.63) is 72.5 Å². The van der Waals surface area contributed by atoms with E-state index in [1.807, 2.05) is 30.3 Å². The van der Waals surface area contributed by atoms with Crippen molar-refractivity contribution in [3.8, 4) is 11.5 Å². The lowest BCUT2D eigenvalue weighted by Gasteiger charge is -2.07. The van der Waals surface area contributed by atoms with Gasteiger partial charge in [0.05, 0.1) is 24.1 Å². The number of hydrogen-bond donors (Lipinski definition) is 2. The molecule has 4 rings (SSSR count). The molecule has 0 unspecified atom stereocenters. The van der Waals surface area contributed by atoms with Gasteiger partial charge in [-0.15, -0.1) is 0 Å². The zero-order valence-corrected chi connectivity index (χ0v) is 12.7. The first kappa shape index (κ1) is 14.2. The van der Waals surface area contributed by atoms with Gasteiger partial charge in [-0.25, -0.2) is 4.98 Å². The molecule has 0 aliphatic rings. The second-order valence-corrected chi connectivity index (χ2v) is 5.26. The van der Waals surface area contributed by atoms with Crippen molar-refractivity contribution in [2.75, 3.05) is 0 Å². The zero-order chi connectivity index (χ0) is 16.4. The highest BCUT2D eigenvalue weighted by atomic mass is 16.3. The molecule has 6 heteroatoms. The van der Waals surface area contributed by atoms with Gasteiger partial charge in [0.1, 0.15) is 5.69 Å². The van der Waals surface area contributed by atoms with Crippen LogP contribution in [0.3, 0.4) is 0 Å². The van der Waals surface area contributed by atoms with Gasteiger partial charge < -0.3 is 14.7 Å². The van der Waals surface area contributed by atoms with E-state index in [-0.39, 0.29) is 12.5 Å². The molecular weight excluding hydrogens is 304 g/mol. The number of aromatic nitrogens is 3. The highest BCUT2D eigenvalue weighted by Gasteiger charge is 2.14. The molecule has 0 aliphatic heterocycles. The summed E-state index contributed by atoms with van der Waals surface area (Å²) in [4.78, 5) is 24.2. The van der Waals surface area contributed by atoms with Gasteiger partial charge in [-0.1, -0.05) is 18.2 Å². The maximum atomic E-state index is 12.5. The lowest BCUT2D eigenvalue weighted by Crippen LogP contribution is -2.23. The Morgan fingerprint density at radius 2 is 2.00 bits per heavy atom. The second-order valence-electron chi connectivity index (χ2n) is 5.26. The molecule has 0 radical (unpaired) electrons. The molecule has 0 spiro atoms. The number of H-pyrrole nitrogens is 1. The van der Waals surface area contributed by atoms with Gasteiger partial charge in [-0.2, -0.15) is 0 Å². The van der Waals surface area contributed by atoms with Crippen molar-refractivity contribution < 1.29 is 9.21 Å². The van der Waals surface area contributed by atoms with Gasteiger partial charge in [0.2, 0.25) is 0 Å². The minimum atomic E-state index is -0.163. The lowest BCUT2D eigenvalue weighted by molar-refractivity contribution is 0.0952. The number of furan rings is 1. The highest BCUT2D eigenvalue weighted by Crippen LogP contribution is 2.21. The van der Waals surface area contributed by atoms with E-state index in [0.717, 1.165) is 10.9 Å². The minimum Gasteiger partial charge on any atom is -0.463 e. The Kier molecular flexibility index (Phi) is 3.55. The molecule has 0 saturated heterocycles. The topological polar surface area (TPSA) is 83.8 Å². The van der Waals surface area contributed by atoms with Crippen LogP contribution in [0.1, 0.15) is 16.1 Å². The fourth-order valence-corrected chi connectivity index (χ4v) is 2.63. The van der Waals surface area contributed by atoms with Gasteiger partial charge >= 0.3 is 0 Å². The Morgan fingerprint density at radius 3 is 2.88 bits per heavy atom. The molecule has 4 aromatic rings. The average Bonchev–Trinajstić information content (AvgIpc) is 3.29. The number of rotatable bonds is 4. The number of aromatic amines is 1.